The summed E-state index contributed by atoms with van der Waals surface area (Å²) in [6.45, 7) is 2.64. The van der Waals surface area contributed by atoms with Crippen LogP contribution in [0.5, 0.6) is 0 Å². The third-order valence-electron chi connectivity index (χ3n) is 4.09. The maximum Gasteiger partial charge on any atom is 0.191 e. The molecule has 1 fully saturated rings. The second-order valence-corrected chi connectivity index (χ2v) is 5.64. The van der Waals surface area contributed by atoms with Crippen LogP contribution in [0.2, 0.25) is 0 Å². The highest BCUT2D eigenvalue weighted by Gasteiger charge is 2.23. The Hall–Kier alpha value is -2.57. The molecule has 122 valence electrons. The maximum atomic E-state index is 4.30. The van der Waals surface area contributed by atoms with Gasteiger partial charge in [-0.25, -0.2) is 4.98 Å². The van der Waals surface area contributed by atoms with Crippen molar-refractivity contribution in [3.63, 3.8) is 0 Å². The van der Waals surface area contributed by atoms with E-state index >= 15 is 0 Å². The maximum absolute atomic E-state index is 4.30. The quantitative estimate of drug-likeness (QED) is 0.644. The number of aromatic nitrogens is 3. The van der Waals surface area contributed by atoms with Crippen molar-refractivity contribution in [1.29, 1.82) is 0 Å². The summed E-state index contributed by atoms with van der Waals surface area (Å²) in [4.78, 5) is 10.9. The summed E-state index contributed by atoms with van der Waals surface area (Å²) in [6.07, 6.45) is 2.65. The molecule has 1 aromatic heterocycles. The van der Waals surface area contributed by atoms with E-state index in [2.05, 4.69) is 54.9 Å². The largest absolute Gasteiger partial charge is 0.369 e. The molecule has 2 heterocycles. The second-order valence-electron chi connectivity index (χ2n) is 5.64. The van der Waals surface area contributed by atoms with Crippen molar-refractivity contribution in [2.75, 3.05) is 25.0 Å². The summed E-state index contributed by atoms with van der Waals surface area (Å²) < 4.78 is 1.76. The average Bonchev–Trinajstić information content (AvgIpc) is 3.21. The van der Waals surface area contributed by atoms with Crippen LogP contribution in [0, 0.1) is 0 Å². The van der Waals surface area contributed by atoms with Crippen molar-refractivity contribution in [1.82, 2.24) is 25.4 Å². The molecule has 0 amide bonds. The highest BCUT2D eigenvalue weighted by Crippen LogP contribution is 2.19. The van der Waals surface area contributed by atoms with Crippen molar-refractivity contribution < 1.29 is 0 Å². The minimum absolute atomic E-state index is 0.390. The van der Waals surface area contributed by atoms with Crippen LogP contribution in [-0.2, 0) is 13.6 Å². The van der Waals surface area contributed by atoms with Gasteiger partial charge < -0.3 is 15.5 Å². The zero-order valence-corrected chi connectivity index (χ0v) is 13.6. The Balaban J connectivity index is 1.51. The van der Waals surface area contributed by atoms with Crippen LogP contribution in [0.3, 0.4) is 0 Å². The number of benzene rings is 1. The number of hydrogen-bond acceptors (Lipinski definition) is 4. The molecule has 7 nitrogen and oxygen atoms in total. The smallest absolute Gasteiger partial charge is 0.191 e. The highest BCUT2D eigenvalue weighted by atomic mass is 15.3. The zero-order chi connectivity index (χ0) is 16.1. The van der Waals surface area contributed by atoms with Crippen LogP contribution in [-0.4, -0.2) is 46.9 Å². The number of anilines is 1. The van der Waals surface area contributed by atoms with E-state index in [-0.39, 0.29) is 0 Å². The Labute approximate surface area is 136 Å². The van der Waals surface area contributed by atoms with Gasteiger partial charge in [0.05, 0.1) is 6.54 Å². The highest BCUT2D eigenvalue weighted by molar-refractivity contribution is 5.80. The lowest BCUT2D eigenvalue weighted by Crippen LogP contribution is -2.44. The van der Waals surface area contributed by atoms with Crippen molar-refractivity contribution in [2.45, 2.75) is 19.0 Å². The Kier molecular flexibility index (Phi) is 4.75. The van der Waals surface area contributed by atoms with Gasteiger partial charge in [0.15, 0.2) is 5.96 Å². The fourth-order valence-electron chi connectivity index (χ4n) is 2.78. The van der Waals surface area contributed by atoms with Crippen LogP contribution in [0.25, 0.3) is 0 Å². The molecule has 0 aliphatic carbocycles. The minimum atomic E-state index is 0.390. The molecule has 1 unspecified atom stereocenters. The molecule has 0 radical (unpaired) electrons. The van der Waals surface area contributed by atoms with E-state index in [4.69, 9.17) is 0 Å². The van der Waals surface area contributed by atoms with E-state index in [1.165, 1.54) is 5.69 Å². The van der Waals surface area contributed by atoms with Crippen molar-refractivity contribution >= 4 is 11.6 Å². The predicted octanol–water partition coefficient (Wildman–Crippen LogP) is 0.759. The summed E-state index contributed by atoms with van der Waals surface area (Å²) in [5.41, 5.74) is 1.28. The fraction of sp³-hybridized carbons (Fsp3) is 0.438. The van der Waals surface area contributed by atoms with Crippen molar-refractivity contribution in [3.8, 4) is 0 Å². The molecular weight excluding hydrogens is 290 g/mol. The molecule has 3 rings (SSSR count). The lowest BCUT2D eigenvalue weighted by Gasteiger charge is -2.20. The van der Waals surface area contributed by atoms with Crippen LogP contribution < -0.4 is 15.5 Å². The van der Waals surface area contributed by atoms with Crippen molar-refractivity contribution in [2.24, 2.45) is 12.0 Å². The third kappa shape index (κ3) is 3.80. The van der Waals surface area contributed by atoms with Gasteiger partial charge in [-0.3, -0.25) is 9.67 Å². The first kappa shape index (κ1) is 15.3. The van der Waals surface area contributed by atoms with Crippen LogP contribution >= 0.6 is 0 Å². The van der Waals surface area contributed by atoms with E-state index in [1.54, 1.807) is 18.1 Å². The molecule has 0 saturated carbocycles. The van der Waals surface area contributed by atoms with E-state index in [1.807, 2.05) is 13.1 Å². The van der Waals surface area contributed by atoms with Crippen LogP contribution in [0.15, 0.2) is 41.7 Å². The van der Waals surface area contributed by atoms with Gasteiger partial charge in [0.1, 0.15) is 12.2 Å². The lowest BCUT2D eigenvalue weighted by molar-refractivity contribution is 0.632. The molecule has 2 N–H and O–H groups in total. The molecule has 23 heavy (non-hydrogen) atoms. The summed E-state index contributed by atoms with van der Waals surface area (Å²) in [5, 5.41) is 10.8. The number of rotatable bonds is 4. The Morgan fingerprint density at radius 1 is 1.35 bits per heavy atom. The standard InChI is InChI=1S/C16H23N7/c1-17-16(18-10-15-19-12-20-22(15)2)21-13-8-9-23(11-13)14-6-4-3-5-7-14/h3-7,12-13H,8-11H2,1-2H3,(H2,17,18,21). The minimum Gasteiger partial charge on any atom is -0.369 e. The van der Waals surface area contributed by atoms with Gasteiger partial charge in [0.2, 0.25) is 0 Å². The zero-order valence-electron chi connectivity index (χ0n) is 13.6. The average molecular weight is 313 g/mol. The first-order valence-corrected chi connectivity index (χ1v) is 7.86. The summed E-state index contributed by atoms with van der Waals surface area (Å²) >= 11 is 0. The molecule has 1 aliphatic rings. The number of hydrogen-bond donors (Lipinski definition) is 2. The molecule has 0 spiro atoms. The molecule has 1 saturated heterocycles. The number of aryl methyl sites for hydroxylation is 1. The molecule has 1 atom stereocenters. The van der Waals surface area contributed by atoms with Gasteiger partial charge in [-0.15, -0.1) is 0 Å². The monoisotopic (exact) mass is 313 g/mol. The number of para-hydroxylation sites is 1. The lowest BCUT2D eigenvalue weighted by atomic mass is 10.3. The number of guanidine groups is 1. The number of aliphatic imine (C=N–C) groups is 1. The summed E-state index contributed by atoms with van der Waals surface area (Å²) in [6, 6.07) is 10.9. The van der Waals surface area contributed by atoms with Crippen LogP contribution in [0.4, 0.5) is 5.69 Å². The van der Waals surface area contributed by atoms with E-state index < -0.39 is 0 Å². The second kappa shape index (κ2) is 7.13. The summed E-state index contributed by atoms with van der Waals surface area (Å²) in [7, 11) is 3.67. The molecule has 1 aromatic carbocycles. The normalized spacial score (nSPS) is 18.3. The van der Waals surface area contributed by atoms with Gasteiger partial charge in [-0.2, -0.15) is 5.10 Å². The molecule has 2 aromatic rings. The van der Waals surface area contributed by atoms with E-state index in [0.717, 1.165) is 31.3 Å². The molecule has 0 bridgehead atoms. The third-order valence-corrected chi connectivity index (χ3v) is 4.09. The first-order chi connectivity index (χ1) is 11.3. The fourth-order valence-corrected chi connectivity index (χ4v) is 2.78. The number of nitrogens with zero attached hydrogens (tertiary/aromatic N) is 5. The Bertz CT molecular complexity index is 649. The predicted molar refractivity (Wildman–Crippen MR) is 91.4 cm³/mol. The van der Waals surface area contributed by atoms with Crippen LogP contribution in [0.1, 0.15) is 12.2 Å². The molecule has 1 aliphatic heterocycles. The Morgan fingerprint density at radius 2 is 2.17 bits per heavy atom. The van der Waals surface area contributed by atoms with Gasteiger partial charge in [0, 0.05) is 38.9 Å². The SMILES string of the molecule is CN=C(NCc1ncnn1C)NC1CCN(c2ccccc2)C1. The van der Waals surface area contributed by atoms with Gasteiger partial charge >= 0.3 is 0 Å². The number of nitrogens with one attached hydrogen (secondary N) is 2. The van der Waals surface area contributed by atoms with Crippen molar-refractivity contribution in [3.05, 3.63) is 42.5 Å². The van der Waals surface area contributed by atoms with Gasteiger partial charge in [-0.1, -0.05) is 18.2 Å². The molecular formula is C16H23N7. The van der Waals surface area contributed by atoms with Gasteiger partial charge in [-0.05, 0) is 18.6 Å². The Morgan fingerprint density at radius 3 is 2.87 bits per heavy atom. The molecule has 7 heteroatoms. The van der Waals surface area contributed by atoms with Gasteiger partial charge in [0.25, 0.3) is 0 Å². The summed E-state index contributed by atoms with van der Waals surface area (Å²) in [5.74, 6) is 1.68. The topological polar surface area (TPSA) is 70.4 Å². The van der Waals surface area contributed by atoms with E-state index in [0.29, 0.717) is 12.6 Å². The van der Waals surface area contributed by atoms with E-state index in [9.17, 15) is 0 Å². The first-order valence-electron chi connectivity index (χ1n) is 7.86.